The average Bonchev–Trinajstić information content (AvgIpc) is 2.85. The van der Waals surface area contributed by atoms with Crippen LogP contribution < -0.4 is 11.5 Å². The van der Waals surface area contributed by atoms with Crippen LogP contribution in [0.1, 0.15) is 68.1 Å². The Bertz CT molecular complexity index is 475. The van der Waals surface area contributed by atoms with Gasteiger partial charge in [-0.15, -0.1) is 0 Å². The molecular formula is C17H27N3. The first-order chi connectivity index (χ1) is 9.61. The molecule has 0 spiro atoms. The van der Waals surface area contributed by atoms with Gasteiger partial charge in [0.2, 0.25) is 0 Å². The van der Waals surface area contributed by atoms with Gasteiger partial charge in [-0.2, -0.15) is 0 Å². The fourth-order valence-electron chi connectivity index (χ4n) is 3.09. The second kappa shape index (κ2) is 6.78. The highest BCUT2D eigenvalue weighted by Crippen LogP contribution is 2.38. The lowest BCUT2D eigenvalue weighted by Gasteiger charge is -2.15. The Kier molecular flexibility index (Phi) is 5.05. The third-order valence-corrected chi connectivity index (χ3v) is 4.56. The van der Waals surface area contributed by atoms with Crippen LogP contribution in [0.5, 0.6) is 0 Å². The van der Waals surface area contributed by atoms with Crippen molar-refractivity contribution in [3.05, 3.63) is 34.9 Å². The Hall–Kier alpha value is -1.51. The Balaban J connectivity index is 2.01. The van der Waals surface area contributed by atoms with E-state index in [0.29, 0.717) is 11.8 Å². The molecule has 1 aromatic rings. The van der Waals surface area contributed by atoms with Crippen molar-refractivity contribution in [3.8, 4) is 0 Å². The number of benzene rings is 1. The Morgan fingerprint density at radius 2 is 2.20 bits per heavy atom. The van der Waals surface area contributed by atoms with E-state index in [0.717, 1.165) is 13.0 Å². The average molecular weight is 273 g/mol. The fraction of sp³-hybridized carbons (Fsp3) is 0.588. The lowest BCUT2D eigenvalue weighted by molar-refractivity contribution is 0.591. The predicted octanol–water partition coefficient (Wildman–Crippen LogP) is 3.28. The number of rotatable bonds is 6. The second-order valence-electron chi connectivity index (χ2n) is 5.95. The summed E-state index contributed by atoms with van der Waals surface area (Å²) in [5, 5.41) is 0. The summed E-state index contributed by atoms with van der Waals surface area (Å²) >= 11 is 0. The van der Waals surface area contributed by atoms with E-state index in [2.05, 4.69) is 37.0 Å². The summed E-state index contributed by atoms with van der Waals surface area (Å²) < 4.78 is 0. The quantitative estimate of drug-likeness (QED) is 0.474. The molecule has 0 bridgehead atoms. The number of fused-ring (bicyclic) bond motifs is 1. The maximum atomic E-state index is 5.36. The lowest BCUT2D eigenvalue weighted by Crippen LogP contribution is -2.23. The molecule has 0 amide bonds. The van der Waals surface area contributed by atoms with E-state index in [-0.39, 0.29) is 5.96 Å². The van der Waals surface area contributed by atoms with Crippen LogP contribution in [0.15, 0.2) is 23.2 Å². The van der Waals surface area contributed by atoms with E-state index in [1.54, 1.807) is 11.1 Å². The van der Waals surface area contributed by atoms with Crippen molar-refractivity contribution in [3.63, 3.8) is 0 Å². The van der Waals surface area contributed by atoms with Crippen molar-refractivity contribution >= 4 is 5.96 Å². The number of hydrogen-bond acceptors (Lipinski definition) is 1. The first kappa shape index (κ1) is 14.9. The van der Waals surface area contributed by atoms with E-state index in [1.807, 2.05) is 0 Å². The van der Waals surface area contributed by atoms with Crippen LogP contribution in [0.25, 0.3) is 0 Å². The molecule has 0 fully saturated rings. The minimum Gasteiger partial charge on any atom is -0.370 e. The molecule has 4 N–H and O–H groups in total. The zero-order valence-corrected chi connectivity index (χ0v) is 12.7. The van der Waals surface area contributed by atoms with Crippen LogP contribution >= 0.6 is 0 Å². The number of aryl methyl sites for hydroxylation is 1. The molecule has 20 heavy (non-hydrogen) atoms. The summed E-state index contributed by atoms with van der Waals surface area (Å²) in [5.41, 5.74) is 15.3. The zero-order chi connectivity index (χ0) is 14.5. The van der Waals surface area contributed by atoms with Gasteiger partial charge in [-0.25, -0.2) is 0 Å². The van der Waals surface area contributed by atoms with E-state index < -0.39 is 0 Å². The molecule has 3 heteroatoms. The fourth-order valence-corrected chi connectivity index (χ4v) is 3.09. The smallest absolute Gasteiger partial charge is 0.185 e. The molecule has 0 saturated carbocycles. The van der Waals surface area contributed by atoms with Crippen LogP contribution in [0, 0.1) is 0 Å². The van der Waals surface area contributed by atoms with Gasteiger partial charge in [0.05, 0.1) is 0 Å². The minimum absolute atomic E-state index is 0.205. The number of nitrogens with zero attached hydrogens (tertiary/aromatic N) is 1. The molecule has 0 saturated heterocycles. The molecule has 110 valence electrons. The molecule has 1 aliphatic rings. The molecule has 1 aromatic carbocycles. The molecule has 0 aliphatic heterocycles. The van der Waals surface area contributed by atoms with Crippen molar-refractivity contribution in [2.45, 2.75) is 57.8 Å². The van der Waals surface area contributed by atoms with Gasteiger partial charge < -0.3 is 11.5 Å². The van der Waals surface area contributed by atoms with Crippen molar-refractivity contribution in [2.24, 2.45) is 16.5 Å². The molecule has 0 radical (unpaired) electrons. The van der Waals surface area contributed by atoms with E-state index in [1.165, 1.54) is 31.2 Å². The number of guanidine groups is 1. The minimum atomic E-state index is 0.205. The van der Waals surface area contributed by atoms with Crippen molar-refractivity contribution < 1.29 is 0 Å². The molecule has 2 unspecified atom stereocenters. The highest BCUT2D eigenvalue weighted by Gasteiger charge is 2.22. The van der Waals surface area contributed by atoms with Crippen LogP contribution in [-0.2, 0) is 6.42 Å². The lowest BCUT2D eigenvalue weighted by atomic mass is 9.91. The van der Waals surface area contributed by atoms with Crippen molar-refractivity contribution in [2.75, 3.05) is 6.54 Å². The Morgan fingerprint density at radius 3 is 2.90 bits per heavy atom. The third-order valence-electron chi connectivity index (χ3n) is 4.56. The van der Waals surface area contributed by atoms with Crippen molar-refractivity contribution in [1.29, 1.82) is 0 Å². The van der Waals surface area contributed by atoms with Crippen LogP contribution in [0.2, 0.25) is 0 Å². The highest BCUT2D eigenvalue weighted by molar-refractivity contribution is 5.75. The number of hydrogen-bond donors (Lipinski definition) is 2. The first-order valence-corrected chi connectivity index (χ1v) is 7.80. The normalized spacial score (nSPS) is 18.6. The van der Waals surface area contributed by atoms with Gasteiger partial charge in [-0.05, 0) is 60.6 Å². The van der Waals surface area contributed by atoms with Crippen LogP contribution in [-0.4, -0.2) is 12.5 Å². The van der Waals surface area contributed by atoms with Gasteiger partial charge in [-0.1, -0.05) is 32.0 Å². The molecule has 2 rings (SSSR count). The molecule has 2 atom stereocenters. The van der Waals surface area contributed by atoms with E-state index >= 15 is 0 Å². The predicted molar refractivity (Wildman–Crippen MR) is 86.1 cm³/mol. The van der Waals surface area contributed by atoms with Gasteiger partial charge in [-0.3, -0.25) is 4.99 Å². The highest BCUT2D eigenvalue weighted by atomic mass is 15.0. The second-order valence-corrected chi connectivity index (χ2v) is 5.95. The molecule has 3 nitrogen and oxygen atoms in total. The standard InChI is InChI=1S/C17H27N3/c1-3-12(2)15-9-8-14-7-6-13(16(14)11-15)5-4-10-20-17(18)19/h8-9,11-13H,3-7,10H2,1-2H3,(H4,18,19,20). The summed E-state index contributed by atoms with van der Waals surface area (Å²) in [5.74, 6) is 1.56. The van der Waals surface area contributed by atoms with Gasteiger partial charge in [0, 0.05) is 6.54 Å². The first-order valence-electron chi connectivity index (χ1n) is 7.80. The third kappa shape index (κ3) is 3.53. The van der Waals surface area contributed by atoms with E-state index in [4.69, 9.17) is 11.5 Å². The maximum Gasteiger partial charge on any atom is 0.185 e. The van der Waals surface area contributed by atoms with E-state index in [9.17, 15) is 0 Å². The Labute approximate surface area is 122 Å². The van der Waals surface area contributed by atoms with Gasteiger partial charge in [0.15, 0.2) is 5.96 Å². The molecule has 0 heterocycles. The number of aliphatic imine (C=N–C) groups is 1. The summed E-state index contributed by atoms with van der Waals surface area (Å²) in [6.45, 7) is 5.31. The van der Waals surface area contributed by atoms with Crippen LogP contribution in [0.4, 0.5) is 0 Å². The van der Waals surface area contributed by atoms with Gasteiger partial charge in [0.25, 0.3) is 0 Å². The van der Waals surface area contributed by atoms with Gasteiger partial charge >= 0.3 is 0 Å². The summed E-state index contributed by atoms with van der Waals surface area (Å²) in [7, 11) is 0. The Morgan fingerprint density at radius 1 is 1.40 bits per heavy atom. The monoisotopic (exact) mass is 273 g/mol. The van der Waals surface area contributed by atoms with Crippen LogP contribution in [0.3, 0.4) is 0 Å². The zero-order valence-electron chi connectivity index (χ0n) is 12.7. The topological polar surface area (TPSA) is 64.4 Å². The number of nitrogens with two attached hydrogens (primary N) is 2. The van der Waals surface area contributed by atoms with Crippen molar-refractivity contribution in [1.82, 2.24) is 0 Å². The molecule has 1 aliphatic carbocycles. The molecule has 0 aromatic heterocycles. The van der Waals surface area contributed by atoms with Gasteiger partial charge in [0.1, 0.15) is 0 Å². The summed E-state index contributed by atoms with van der Waals surface area (Å²) in [4.78, 5) is 4.07. The maximum absolute atomic E-state index is 5.36. The summed E-state index contributed by atoms with van der Waals surface area (Å²) in [6.07, 6.45) is 5.96. The SMILES string of the molecule is CCC(C)c1ccc2c(c1)C(CCCN=C(N)N)CC2. The summed E-state index contributed by atoms with van der Waals surface area (Å²) in [6, 6.07) is 7.10. The molecular weight excluding hydrogens is 246 g/mol. The largest absolute Gasteiger partial charge is 0.370 e.